The van der Waals surface area contributed by atoms with Gasteiger partial charge in [0.2, 0.25) is 5.91 Å². The van der Waals surface area contributed by atoms with E-state index in [4.69, 9.17) is 0 Å². The Labute approximate surface area is 137 Å². The predicted molar refractivity (Wildman–Crippen MR) is 88.9 cm³/mol. The molecule has 1 saturated heterocycles. The minimum absolute atomic E-state index is 0.177. The first-order valence-corrected chi connectivity index (χ1v) is 8.29. The predicted octanol–water partition coefficient (Wildman–Crippen LogP) is 2.38. The summed E-state index contributed by atoms with van der Waals surface area (Å²) in [6.45, 7) is 6.00. The number of hydrogen-bond acceptors (Lipinski definition) is 3. The molecule has 0 N–H and O–H groups in total. The van der Waals surface area contributed by atoms with E-state index in [1.165, 1.54) is 5.56 Å². The summed E-state index contributed by atoms with van der Waals surface area (Å²) < 4.78 is 1.80. The highest BCUT2D eigenvalue weighted by Crippen LogP contribution is 2.21. The minimum atomic E-state index is 0.177. The topological polar surface area (TPSA) is 51.0 Å². The average molecular weight is 312 g/mol. The third-order valence-corrected chi connectivity index (χ3v) is 4.60. The van der Waals surface area contributed by atoms with E-state index in [-0.39, 0.29) is 5.91 Å². The second kappa shape index (κ2) is 6.94. The first-order chi connectivity index (χ1) is 11.1. The normalized spacial score (nSPS) is 15.8. The van der Waals surface area contributed by atoms with Crippen LogP contribution in [0.3, 0.4) is 0 Å². The molecule has 1 aliphatic heterocycles. The molecule has 0 radical (unpaired) electrons. The molecular formula is C18H24N4O. The molecule has 0 aliphatic carbocycles. The number of carbonyl (C=O) groups excluding carboxylic acids is 1. The van der Waals surface area contributed by atoms with Crippen LogP contribution in [-0.2, 0) is 17.8 Å². The maximum absolute atomic E-state index is 12.4. The molecule has 1 aliphatic rings. The summed E-state index contributed by atoms with van der Waals surface area (Å²) >= 11 is 0. The van der Waals surface area contributed by atoms with Gasteiger partial charge in [-0.15, -0.1) is 0 Å². The molecule has 2 aromatic rings. The molecule has 2 aromatic heterocycles. The van der Waals surface area contributed by atoms with Crippen molar-refractivity contribution in [3.8, 4) is 0 Å². The summed E-state index contributed by atoms with van der Waals surface area (Å²) in [4.78, 5) is 18.6. The van der Waals surface area contributed by atoms with Crippen molar-refractivity contribution in [2.24, 2.45) is 5.92 Å². The Kier molecular flexibility index (Phi) is 4.74. The summed E-state index contributed by atoms with van der Waals surface area (Å²) in [6, 6.07) is 6.13. The number of piperidine rings is 1. The third-order valence-electron chi connectivity index (χ3n) is 4.60. The van der Waals surface area contributed by atoms with Crippen molar-refractivity contribution in [1.29, 1.82) is 0 Å². The van der Waals surface area contributed by atoms with Gasteiger partial charge in [-0.25, -0.2) is 0 Å². The van der Waals surface area contributed by atoms with E-state index in [2.05, 4.69) is 16.1 Å². The fourth-order valence-corrected chi connectivity index (χ4v) is 3.30. The van der Waals surface area contributed by atoms with E-state index in [0.29, 0.717) is 12.5 Å². The molecule has 1 amide bonds. The van der Waals surface area contributed by atoms with Crippen LogP contribution in [0.2, 0.25) is 0 Å². The number of hydrogen-bond donors (Lipinski definition) is 0. The lowest BCUT2D eigenvalue weighted by molar-refractivity contribution is -0.133. The van der Waals surface area contributed by atoms with E-state index in [0.717, 1.165) is 43.7 Å². The van der Waals surface area contributed by atoms with Gasteiger partial charge in [-0.3, -0.25) is 14.5 Å². The number of amides is 1. The van der Waals surface area contributed by atoms with Crippen LogP contribution in [0.4, 0.5) is 0 Å². The van der Waals surface area contributed by atoms with Gasteiger partial charge >= 0.3 is 0 Å². The largest absolute Gasteiger partial charge is 0.341 e. The van der Waals surface area contributed by atoms with E-state index < -0.39 is 0 Å². The lowest BCUT2D eigenvalue weighted by atomic mass is 9.91. The van der Waals surface area contributed by atoms with Crippen molar-refractivity contribution in [1.82, 2.24) is 19.7 Å². The van der Waals surface area contributed by atoms with Crippen molar-refractivity contribution in [2.45, 2.75) is 39.7 Å². The number of aryl methyl sites for hydroxylation is 2. The van der Waals surface area contributed by atoms with E-state index in [9.17, 15) is 4.79 Å². The fraction of sp³-hybridized carbons (Fsp3) is 0.500. The Balaban J connectivity index is 1.50. The molecule has 5 nitrogen and oxygen atoms in total. The second-order valence-corrected chi connectivity index (χ2v) is 6.47. The van der Waals surface area contributed by atoms with Gasteiger partial charge in [0.15, 0.2) is 0 Å². The van der Waals surface area contributed by atoms with Crippen LogP contribution in [0.15, 0.2) is 30.6 Å². The van der Waals surface area contributed by atoms with Crippen molar-refractivity contribution in [2.75, 3.05) is 13.1 Å². The molecule has 0 saturated carbocycles. The zero-order valence-corrected chi connectivity index (χ0v) is 13.9. The second-order valence-electron chi connectivity index (χ2n) is 6.47. The third kappa shape index (κ3) is 3.97. The zero-order chi connectivity index (χ0) is 16.2. The highest BCUT2D eigenvalue weighted by atomic mass is 16.2. The number of carbonyl (C=O) groups is 1. The first kappa shape index (κ1) is 15.7. The van der Waals surface area contributed by atoms with Crippen molar-refractivity contribution >= 4 is 5.91 Å². The van der Waals surface area contributed by atoms with Gasteiger partial charge in [0.1, 0.15) is 6.54 Å². The Morgan fingerprint density at radius 3 is 2.70 bits per heavy atom. The fourth-order valence-electron chi connectivity index (χ4n) is 3.30. The molecule has 122 valence electrons. The van der Waals surface area contributed by atoms with Crippen LogP contribution >= 0.6 is 0 Å². The zero-order valence-electron chi connectivity index (χ0n) is 13.9. The summed E-state index contributed by atoms with van der Waals surface area (Å²) in [5.74, 6) is 0.827. The number of rotatable bonds is 4. The Hall–Kier alpha value is -2.17. The molecular weight excluding hydrogens is 288 g/mol. The number of nitrogens with zero attached hydrogens (tertiary/aromatic N) is 4. The van der Waals surface area contributed by atoms with E-state index in [1.807, 2.05) is 43.3 Å². The Morgan fingerprint density at radius 2 is 2.09 bits per heavy atom. The smallest absolute Gasteiger partial charge is 0.244 e. The lowest BCUT2D eigenvalue weighted by Crippen LogP contribution is -2.40. The molecule has 0 bridgehead atoms. The van der Waals surface area contributed by atoms with Crippen LogP contribution in [0.1, 0.15) is 29.8 Å². The monoisotopic (exact) mass is 312 g/mol. The molecule has 0 spiro atoms. The summed E-state index contributed by atoms with van der Waals surface area (Å²) in [6.07, 6.45) is 6.95. The summed E-state index contributed by atoms with van der Waals surface area (Å²) in [5, 5.41) is 4.38. The molecule has 23 heavy (non-hydrogen) atoms. The van der Waals surface area contributed by atoms with Gasteiger partial charge in [-0.1, -0.05) is 6.07 Å². The van der Waals surface area contributed by atoms with Gasteiger partial charge < -0.3 is 4.90 Å². The van der Waals surface area contributed by atoms with Crippen LogP contribution in [0.5, 0.6) is 0 Å². The Morgan fingerprint density at radius 1 is 1.30 bits per heavy atom. The molecule has 5 heteroatoms. The van der Waals surface area contributed by atoms with Gasteiger partial charge in [0, 0.05) is 31.2 Å². The van der Waals surface area contributed by atoms with Gasteiger partial charge in [-0.2, -0.15) is 5.10 Å². The van der Waals surface area contributed by atoms with Crippen molar-refractivity contribution in [3.63, 3.8) is 0 Å². The molecule has 1 fully saturated rings. The number of likely N-dealkylation sites (tertiary alicyclic amines) is 1. The summed E-state index contributed by atoms with van der Waals surface area (Å²) in [7, 11) is 0. The molecule has 3 rings (SSSR count). The van der Waals surface area contributed by atoms with Crippen LogP contribution < -0.4 is 0 Å². The van der Waals surface area contributed by atoms with Crippen LogP contribution in [-0.4, -0.2) is 38.7 Å². The minimum Gasteiger partial charge on any atom is -0.341 e. The molecule has 3 heterocycles. The van der Waals surface area contributed by atoms with E-state index in [1.54, 1.807) is 4.68 Å². The molecule has 0 unspecified atom stereocenters. The Bertz CT molecular complexity index is 657. The van der Waals surface area contributed by atoms with Crippen molar-refractivity contribution < 1.29 is 4.79 Å². The van der Waals surface area contributed by atoms with E-state index >= 15 is 0 Å². The van der Waals surface area contributed by atoms with Crippen molar-refractivity contribution in [3.05, 3.63) is 47.5 Å². The van der Waals surface area contributed by atoms with Gasteiger partial charge in [0.25, 0.3) is 0 Å². The number of aromatic nitrogens is 3. The van der Waals surface area contributed by atoms with Gasteiger partial charge in [0.05, 0.1) is 5.69 Å². The maximum Gasteiger partial charge on any atom is 0.244 e. The average Bonchev–Trinajstić information content (AvgIpc) is 2.86. The molecule has 0 aromatic carbocycles. The number of pyridine rings is 1. The highest BCUT2D eigenvalue weighted by Gasteiger charge is 2.23. The quantitative estimate of drug-likeness (QED) is 0.871. The standard InChI is InChI=1S/C18H24N4O/c1-14-10-15(2)22(20-14)13-18(23)21-8-5-16(6-9-21)11-17-4-3-7-19-12-17/h3-4,7,10,12,16H,5-6,8-9,11,13H2,1-2H3. The molecule has 0 atom stereocenters. The van der Waals surface area contributed by atoms with Gasteiger partial charge in [-0.05, 0) is 56.7 Å². The maximum atomic E-state index is 12.4. The van der Waals surface area contributed by atoms with Crippen LogP contribution in [0, 0.1) is 19.8 Å². The SMILES string of the molecule is Cc1cc(C)n(CC(=O)N2CCC(Cc3cccnc3)CC2)n1. The van der Waals surface area contributed by atoms with Crippen LogP contribution in [0.25, 0.3) is 0 Å². The first-order valence-electron chi connectivity index (χ1n) is 8.29. The summed E-state index contributed by atoms with van der Waals surface area (Å²) in [5.41, 5.74) is 3.30. The highest BCUT2D eigenvalue weighted by molar-refractivity contribution is 5.76. The lowest BCUT2D eigenvalue weighted by Gasteiger charge is -2.32.